The SMILES string of the molecule is Cn1cccc1-c1nc2n(c1N)CCO2. The minimum atomic E-state index is 0.628. The van der Waals surface area contributed by atoms with Crippen molar-refractivity contribution < 1.29 is 4.74 Å². The van der Waals surface area contributed by atoms with E-state index in [1.165, 1.54) is 0 Å². The van der Waals surface area contributed by atoms with Crippen LogP contribution in [0.15, 0.2) is 18.3 Å². The summed E-state index contributed by atoms with van der Waals surface area (Å²) in [5, 5.41) is 0. The van der Waals surface area contributed by atoms with Gasteiger partial charge in [-0.25, -0.2) is 0 Å². The topological polar surface area (TPSA) is 58.0 Å². The summed E-state index contributed by atoms with van der Waals surface area (Å²) in [5.41, 5.74) is 7.84. The molecule has 0 unspecified atom stereocenters. The fraction of sp³-hybridized carbons (Fsp3) is 0.300. The van der Waals surface area contributed by atoms with E-state index in [0.717, 1.165) is 17.9 Å². The number of nitrogens with two attached hydrogens (primary N) is 1. The van der Waals surface area contributed by atoms with Gasteiger partial charge in [-0.05, 0) is 12.1 Å². The van der Waals surface area contributed by atoms with E-state index in [1.807, 2.05) is 34.5 Å². The van der Waals surface area contributed by atoms with Gasteiger partial charge in [-0.2, -0.15) is 4.98 Å². The highest BCUT2D eigenvalue weighted by Crippen LogP contribution is 2.31. The maximum absolute atomic E-state index is 6.02. The highest BCUT2D eigenvalue weighted by atomic mass is 16.5. The van der Waals surface area contributed by atoms with Crippen molar-refractivity contribution >= 4 is 5.82 Å². The summed E-state index contributed by atoms with van der Waals surface area (Å²) in [6.07, 6.45) is 1.97. The van der Waals surface area contributed by atoms with Crippen LogP contribution in [-0.2, 0) is 13.6 Å². The molecule has 0 spiro atoms. The molecule has 2 N–H and O–H groups in total. The lowest BCUT2D eigenvalue weighted by Crippen LogP contribution is -2.01. The first-order valence-corrected chi connectivity index (χ1v) is 4.88. The average molecular weight is 204 g/mol. The molecular weight excluding hydrogens is 192 g/mol. The van der Waals surface area contributed by atoms with Gasteiger partial charge in [0.2, 0.25) is 0 Å². The highest BCUT2D eigenvalue weighted by molar-refractivity contribution is 5.69. The summed E-state index contributed by atoms with van der Waals surface area (Å²) >= 11 is 0. The van der Waals surface area contributed by atoms with E-state index >= 15 is 0 Å². The molecule has 0 fully saturated rings. The zero-order chi connectivity index (χ0) is 10.4. The number of hydrogen-bond donors (Lipinski definition) is 1. The number of aromatic nitrogens is 3. The molecule has 0 saturated carbocycles. The van der Waals surface area contributed by atoms with Gasteiger partial charge in [-0.1, -0.05) is 0 Å². The molecule has 5 heteroatoms. The van der Waals surface area contributed by atoms with E-state index in [9.17, 15) is 0 Å². The number of aryl methyl sites for hydroxylation is 1. The summed E-state index contributed by atoms with van der Waals surface area (Å²) in [6.45, 7) is 1.46. The number of hydrogen-bond acceptors (Lipinski definition) is 3. The van der Waals surface area contributed by atoms with Gasteiger partial charge in [0.25, 0.3) is 6.01 Å². The molecule has 3 rings (SSSR count). The maximum Gasteiger partial charge on any atom is 0.298 e. The molecule has 0 atom stereocenters. The zero-order valence-corrected chi connectivity index (χ0v) is 8.47. The van der Waals surface area contributed by atoms with Crippen LogP contribution in [0.1, 0.15) is 0 Å². The number of rotatable bonds is 1. The fourth-order valence-electron chi connectivity index (χ4n) is 1.89. The van der Waals surface area contributed by atoms with E-state index < -0.39 is 0 Å². The molecule has 78 valence electrons. The van der Waals surface area contributed by atoms with E-state index in [4.69, 9.17) is 10.5 Å². The lowest BCUT2D eigenvalue weighted by atomic mass is 10.3. The van der Waals surface area contributed by atoms with Gasteiger partial charge < -0.3 is 15.0 Å². The lowest BCUT2D eigenvalue weighted by Gasteiger charge is -2.02. The second-order valence-corrected chi connectivity index (χ2v) is 3.63. The molecule has 3 heterocycles. The Morgan fingerprint density at radius 1 is 1.53 bits per heavy atom. The van der Waals surface area contributed by atoms with Crippen molar-refractivity contribution in [2.45, 2.75) is 6.54 Å². The van der Waals surface area contributed by atoms with Gasteiger partial charge in [0.1, 0.15) is 18.1 Å². The Morgan fingerprint density at radius 3 is 3.07 bits per heavy atom. The van der Waals surface area contributed by atoms with E-state index in [-0.39, 0.29) is 0 Å². The summed E-state index contributed by atoms with van der Waals surface area (Å²) < 4.78 is 9.26. The third kappa shape index (κ3) is 1.06. The molecule has 0 saturated heterocycles. The molecular formula is C10H12N4O. The van der Waals surface area contributed by atoms with Gasteiger partial charge in [-0.3, -0.25) is 4.57 Å². The van der Waals surface area contributed by atoms with Gasteiger partial charge in [0.05, 0.1) is 12.2 Å². The minimum absolute atomic E-state index is 0.628. The predicted molar refractivity (Wildman–Crippen MR) is 56.5 cm³/mol. The van der Waals surface area contributed by atoms with Crippen LogP contribution in [0.4, 0.5) is 5.82 Å². The Kier molecular flexibility index (Phi) is 1.56. The highest BCUT2D eigenvalue weighted by Gasteiger charge is 2.22. The van der Waals surface area contributed by atoms with Crippen molar-refractivity contribution in [1.29, 1.82) is 0 Å². The largest absolute Gasteiger partial charge is 0.463 e. The number of nitrogens with zero attached hydrogens (tertiary/aromatic N) is 3. The molecule has 1 aliphatic rings. The lowest BCUT2D eigenvalue weighted by molar-refractivity contribution is 0.345. The molecule has 2 aromatic heterocycles. The number of ether oxygens (including phenoxy) is 1. The third-order valence-electron chi connectivity index (χ3n) is 2.70. The van der Waals surface area contributed by atoms with Crippen molar-refractivity contribution in [3.8, 4) is 17.4 Å². The first kappa shape index (κ1) is 8.40. The molecule has 15 heavy (non-hydrogen) atoms. The molecule has 5 nitrogen and oxygen atoms in total. The van der Waals surface area contributed by atoms with Crippen LogP contribution in [0, 0.1) is 0 Å². The van der Waals surface area contributed by atoms with Crippen LogP contribution < -0.4 is 10.5 Å². The van der Waals surface area contributed by atoms with E-state index in [0.29, 0.717) is 18.4 Å². The monoisotopic (exact) mass is 204 g/mol. The molecule has 0 amide bonds. The summed E-state index contributed by atoms with van der Waals surface area (Å²) in [6, 6.07) is 4.60. The van der Waals surface area contributed by atoms with Crippen LogP contribution in [0.2, 0.25) is 0 Å². The second kappa shape index (κ2) is 2.79. The first-order valence-electron chi connectivity index (χ1n) is 4.88. The number of anilines is 1. The fourth-order valence-corrected chi connectivity index (χ4v) is 1.89. The molecule has 0 bridgehead atoms. The standard InChI is InChI=1S/C10H12N4O/c1-13-4-2-3-7(13)8-9(11)14-5-6-15-10(14)12-8/h2-4H,5-6,11H2,1H3. The molecule has 2 aromatic rings. The summed E-state index contributed by atoms with van der Waals surface area (Å²) in [4.78, 5) is 4.39. The number of imidazole rings is 1. The smallest absolute Gasteiger partial charge is 0.298 e. The van der Waals surface area contributed by atoms with Crippen LogP contribution in [0.25, 0.3) is 11.4 Å². The average Bonchev–Trinajstić information content (AvgIpc) is 2.85. The molecule has 1 aliphatic heterocycles. The van der Waals surface area contributed by atoms with Gasteiger partial charge in [-0.15, -0.1) is 0 Å². The van der Waals surface area contributed by atoms with Crippen molar-refractivity contribution in [1.82, 2.24) is 14.1 Å². The van der Waals surface area contributed by atoms with Gasteiger partial charge in [0.15, 0.2) is 0 Å². The number of fused-ring (bicyclic) bond motifs is 1. The zero-order valence-electron chi connectivity index (χ0n) is 8.47. The Morgan fingerprint density at radius 2 is 2.40 bits per heavy atom. The summed E-state index contributed by atoms with van der Waals surface area (Å²) in [5.74, 6) is 0.685. The molecule has 0 aliphatic carbocycles. The summed E-state index contributed by atoms with van der Waals surface area (Å²) in [7, 11) is 1.97. The quantitative estimate of drug-likeness (QED) is 0.749. The van der Waals surface area contributed by atoms with Crippen LogP contribution in [0.3, 0.4) is 0 Å². The Labute approximate surface area is 87.1 Å². The predicted octanol–water partition coefficient (Wildman–Crippen LogP) is 0.863. The van der Waals surface area contributed by atoms with E-state index in [2.05, 4.69) is 4.98 Å². The van der Waals surface area contributed by atoms with Gasteiger partial charge in [0, 0.05) is 13.2 Å². The first-order chi connectivity index (χ1) is 7.27. The Bertz CT molecular complexity index is 511. The number of nitrogen functional groups attached to an aromatic ring is 1. The third-order valence-corrected chi connectivity index (χ3v) is 2.70. The Balaban J connectivity index is 2.18. The van der Waals surface area contributed by atoms with Crippen LogP contribution >= 0.6 is 0 Å². The van der Waals surface area contributed by atoms with Crippen LogP contribution in [-0.4, -0.2) is 20.7 Å². The van der Waals surface area contributed by atoms with Crippen molar-refractivity contribution in [2.24, 2.45) is 7.05 Å². The van der Waals surface area contributed by atoms with Crippen molar-refractivity contribution in [3.63, 3.8) is 0 Å². The second-order valence-electron chi connectivity index (χ2n) is 3.63. The van der Waals surface area contributed by atoms with Crippen LogP contribution in [0.5, 0.6) is 6.01 Å². The molecule has 0 radical (unpaired) electrons. The minimum Gasteiger partial charge on any atom is -0.463 e. The van der Waals surface area contributed by atoms with Gasteiger partial charge >= 0.3 is 0 Å². The maximum atomic E-state index is 6.02. The van der Waals surface area contributed by atoms with E-state index in [1.54, 1.807) is 0 Å². The Hall–Kier alpha value is -1.91. The van der Waals surface area contributed by atoms with Crippen molar-refractivity contribution in [3.05, 3.63) is 18.3 Å². The molecule has 0 aromatic carbocycles. The normalized spacial score (nSPS) is 13.9. The van der Waals surface area contributed by atoms with Crippen molar-refractivity contribution in [2.75, 3.05) is 12.3 Å².